The van der Waals surface area contributed by atoms with Crippen LogP contribution in [-0.2, 0) is 11.3 Å². The molecule has 1 aromatic rings. The lowest BCUT2D eigenvalue weighted by Gasteiger charge is -2.36. The van der Waals surface area contributed by atoms with E-state index in [-0.39, 0.29) is 12.1 Å². The zero-order valence-electron chi connectivity index (χ0n) is 13.1. The summed E-state index contributed by atoms with van der Waals surface area (Å²) in [6, 6.07) is 3.78. The van der Waals surface area contributed by atoms with Crippen molar-refractivity contribution in [2.75, 3.05) is 0 Å². The van der Waals surface area contributed by atoms with Crippen LogP contribution < -0.4 is 10.6 Å². The van der Waals surface area contributed by atoms with Crippen LogP contribution in [0.4, 0.5) is 13.6 Å². The number of nitrogens with one attached hydrogen (secondary N) is 2. The molecule has 0 aliphatic heterocycles. The van der Waals surface area contributed by atoms with Crippen LogP contribution in [0.1, 0.15) is 39.2 Å². The minimum atomic E-state index is -0.574. The largest absolute Gasteiger partial charge is 0.444 e. The first kappa shape index (κ1) is 16.7. The Morgan fingerprint density at radius 2 is 1.77 bits per heavy atom. The molecule has 0 heterocycles. The van der Waals surface area contributed by atoms with Crippen molar-refractivity contribution in [3.05, 3.63) is 35.4 Å². The maximum atomic E-state index is 13.1. The molecule has 2 rings (SSSR count). The van der Waals surface area contributed by atoms with Crippen molar-refractivity contribution in [1.29, 1.82) is 0 Å². The first-order valence-corrected chi connectivity index (χ1v) is 7.39. The number of ether oxygens (including phenoxy) is 1. The Bertz CT molecular complexity index is 517. The molecule has 1 aromatic carbocycles. The summed E-state index contributed by atoms with van der Waals surface area (Å²) >= 11 is 0. The molecule has 1 amide bonds. The third kappa shape index (κ3) is 5.26. The number of amides is 1. The fraction of sp³-hybridized carbons (Fsp3) is 0.562. The normalized spacial score (nSPS) is 21.1. The minimum Gasteiger partial charge on any atom is -0.444 e. The monoisotopic (exact) mass is 312 g/mol. The Labute approximate surface area is 129 Å². The van der Waals surface area contributed by atoms with Crippen LogP contribution in [0.15, 0.2) is 18.2 Å². The van der Waals surface area contributed by atoms with Crippen molar-refractivity contribution >= 4 is 6.09 Å². The van der Waals surface area contributed by atoms with Gasteiger partial charge in [0.15, 0.2) is 0 Å². The van der Waals surface area contributed by atoms with Gasteiger partial charge in [0.25, 0.3) is 0 Å². The van der Waals surface area contributed by atoms with Crippen LogP contribution in [0, 0.1) is 11.6 Å². The van der Waals surface area contributed by atoms with E-state index >= 15 is 0 Å². The maximum Gasteiger partial charge on any atom is 0.407 e. The molecule has 0 saturated heterocycles. The topological polar surface area (TPSA) is 50.4 Å². The molecule has 22 heavy (non-hydrogen) atoms. The molecule has 0 aromatic heterocycles. The second-order valence-electron chi connectivity index (χ2n) is 6.67. The Hall–Kier alpha value is -1.69. The second kappa shape index (κ2) is 6.60. The highest BCUT2D eigenvalue weighted by atomic mass is 19.1. The average Bonchev–Trinajstić information content (AvgIpc) is 2.28. The second-order valence-corrected chi connectivity index (χ2v) is 6.67. The van der Waals surface area contributed by atoms with Crippen molar-refractivity contribution in [2.45, 2.75) is 57.8 Å². The van der Waals surface area contributed by atoms with Gasteiger partial charge < -0.3 is 15.4 Å². The summed E-state index contributed by atoms with van der Waals surface area (Å²) in [5.41, 5.74) is 0.0634. The summed E-state index contributed by atoms with van der Waals surface area (Å²) in [4.78, 5) is 11.6. The van der Waals surface area contributed by atoms with E-state index < -0.39 is 23.3 Å². The maximum absolute atomic E-state index is 13.1. The molecule has 0 spiro atoms. The third-order valence-corrected chi connectivity index (χ3v) is 3.38. The van der Waals surface area contributed by atoms with Crippen LogP contribution in [0.2, 0.25) is 0 Å². The van der Waals surface area contributed by atoms with Gasteiger partial charge in [-0.1, -0.05) is 0 Å². The Morgan fingerprint density at radius 3 is 2.32 bits per heavy atom. The highest BCUT2D eigenvalue weighted by Crippen LogP contribution is 2.21. The summed E-state index contributed by atoms with van der Waals surface area (Å²) in [6.07, 6.45) is 1.14. The quantitative estimate of drug-likeness (QED) is 0.898. The Kier molecular flexibility index (Phi) is 5.01. The zero-order chi connectivity index (χ0) is 16.3. The first-order valence-electron chi connectivity index (χ1n) is 7.39. The summed E-state index contributed by atoms with van der Waals surface area (Å²) in [5, 5.41) is 6.01. The fourth-order valence-electron chi connectivity index (χ4n) is 2.35. The molecule has 4 nitrogen and oxygen atoms in total. The van der Waals surface area contributed by atoms with Crippen molar-refractivity contribution in [1.82, 2.24) is 10.6 Å². The van der Waals surface area contributed by atoms with Crippen molar-refractivity contribution in [3.8, 4) is 0 Å². The lowest BCUT2D eigenvalue weighted by Crippen LogP contribution is -2.52. The van der Waals surface area contributed by atoms with Crippen molar-refractivity contribution in [2.24, 2.45) is 0 Å². The smallest absolute Gasteiger partial charge is 0.407 e. The molecular formula is C16H22F2N2O2. The molecule has 1 aliphatic carbocycles. The van der Waals surface area contributed by atoms with Gasteiger partial charge in [-0.05, 0) is 51.3 Å². The lowest BCUT2D eigenvalue weighted by atomic mass is 9.87. The van der Waals surface area contributed by atoms with Crippen LogP contribution in [-0.4, -0.2) is 23.8 Å². The first-order chi connectivity index (χ1) is 10.2. The molecular weight excluding hydrogens is 290 g/mol. The van der Waals surface area contributed by atoms with E-state index in [2.05, 4.69) is 10.6 Å². The Morgan fingerprint density at radius 1 is 1.18 bits per heavy atom. The standard InChI is InChI=1S/C16H22F2N2O2/c1-16(2,3)22-15(21)20-14-7-13(8-14)19-9-10-4-11(17)6-12(18)5-10/h4-6,13-14,19H,7-9H2,1-3H3,(H,20,21). The van der Waals surface area contributed by atoms with Crippen LogP contribution in [0.25, 0.3) is 0 Å². The van der Waals surface area contributed by atoms with Gasteiger partial charge >= 0.3 is 6.09 Å². The van der Waals surface area contributed by atoms with Gasteiger partial charge in [0.1, 0.15) is 17.2 Å². The van der Waals surface area contributed by atoms with Gasteiger partial charge in [-0.15, -0.1) is 0 Å². The van der Waals surface area contributed by atoms with Gasteiger partial charge in [0, 0.05) is 24.7 Å². The van der Waals surface area contributed by atoms with Crippen LogP contribution >= 0.6 is 0 Å². The van der Waals surface area contributed by atoms with Gasteiger partial charge in [0.2, 0.25) is 0 Å². The van der Waals surface area contributed by atoms with Gasteiger partial charge in [-0.2, -0.15) is 0 Å². The van der Waals surface area contributed by atoms with Crippen molar-refractivity contribution in [3.63, 3.8) is 0 Å². The number of carbonyl (C=O) groups is 1. The number of halogens is 2. The van der Waals surface area contributed by atoms with Gasteiger partial charge in [0.05, 0.1) is 0 Å². The molecule has 2 N–H and O–H groups in total. The predicted octanol–water partition coefficient (Wildman–Crippen LogP) is 3.11. The van der Waals surface area contributed by atoms with E-state index in [0.29, 0.717) is 12.1 Å². The minimum absolute atomic E-state index is 0.0802. The molecule has 6 heteroatoms. The van der Waals surface area contributed by atoms with Crippen LogP contribution in [0.5, 0.6) is 0 Å². The van der Waals surface area contributed by atoms with Gasteiger partial charge in [-0.3, -0.25) is 0 Å². The molecule has 1 aliphatic rings. The molecule has 1 fully saturated rings. The highest BCUT2D eigenvalue weighted by Gasteiger charge is 2.31. The summed E-state index contributed by atoms with van der Waals surface area (Å²) in [6.45, 7) is 5.85. The Balaban J connectivity index is 1.68. The number of carbonyl (C=O) groups excluding carboxylic acids is 1. The number of hydrogen-bond donors (Lipinski definition) is 2. The van der Waals surface area contributed by atoms with E-state index in [1.807, 2.05) is 20.8 Å². The molecule has 0 radical (unpaired) electrons. The SMILES string of the molecule is CC(C)(C)OC(=O)NC1CC(NCc2cc(F)cc(F)c2)C1. The van der Waals surface area contributed by atoms with Crippen molar-refractivity contribution < 1.29 is 18.3 Å². The summed E-state index contributed by atoms with van der Waals surface area (Å²) in [7, 11) is 0. The molecule has 0 unspecified atom stereocenters. The van der Waals surface area contributed by atoms with E-state index in [9.17, 15) is 13.6 Å². The lowest BCUT2D eigenvalue weighted by molar-refractivity contribution is 0.0465. The fourth-order valence-corrected chi connectivity index (χ4v) is 2.35. The number of alkyl carbamates (subject to hydrolysis) is 1. The highest BCUT2D eigenvalue weighted by molar-refractivity contribution is 5.68. The number of rotatable bonds is 4. The zero-order valence-corrected chi connectivity index (χ0v) is 13.1. The van der Waals surface area contributed by atoms with E-state index in [1.54, 1.807) is 0 Å². The molecule has 0 bridgehead atoms. The average molecular weight is 312 g/mol. The number of benzene rings is 1. The van der Waals surface area contributed by atoms with Gasteiger partial charge in [-0.25, -0.2) is 13.6 Å². The molecule has 122 valence electrons. The number of hydrogen-bond acceptors (Lipinski definition) is 3. The molecule has 1 saturated carbocycles. The molecule has 0 atom stereocenters. The summed E-state index contributed by atoms with van der Waals surface area (Å²) < 4.78 is 31.3. The van der Waals surface area contributed by atoms with Crippen LogP contribution in [0.3, 0.4) is 0 Å². The summed E-state index contributed by atoms with van der Waals surface area (Å²) in [5.74, 6) is -1.15. The van der Waals surface area contributed by atoms with E-state index in [4.69, 9.17) is 4.74 Å². The van der Waals surface area contributed by atoms with E-state index in [1.165, 1.54) is 12.1 Å². The third-order valence-electron chi connectivity index (χ3n) is 3.38. The van der Waals surface area contributed by atoms with E-state index in [0.717, 1.165) is 18.9 Å². The predicted molar refractivity (Wildman–Crippen MR) is 79.4 cm³/mol.